The maximum absolute atomic E-state index is 13.6. The lowest BCUT2D eigenvalue weighted by molar-refractivity contribution is 0.0635. The van der Waals surface area contributed by atoms with E-state index in [-0.39, 0.29) is 55.4 Å². The molecule has 224 valence electrons. The van der Waals surface area contributed by atoms with E-state index in [1.165, 1.54) is 41.3 Å². The van der Waals surface area contributed by atoms with Crippen LogP contribution < -0.4 is 0 Å². The quantitative estimate of drug-likeness (QED) is 0.246. The predicted octanol–water partition coefficient (Wildman–Crippen LogP) is 6.60. The fourth-order valence-corrected chi connectivity index (χ4v) is 5.85. The van der Waals surface area contributed by atoms with E-state index in [0.717, 1.165) is 65.3 Å². The summed E-state index contributed by atoms with van der Waals surface area (Å²) in [7, 11) is 2.20. The highest BCUT2D eigenvalue weighted by molar-refractivity contribution is 5.86. The van der Waals surface area contributed by atoms with E-state index >= 15 is 0 Å². The maximum Gasteiger partial charge on any atom is 0.123 e. The Hall–Kier alpha value is -1.15. The van der Waals surface area contributed by atoms with E-state index in [4.69, 9.17) is 0 Å². The van der Waals surface area contributed by atoms with Gasteiger partial charge in [-0.2, -0.15) is 0 Å². The minimum Gasteiger partial charge on any atom is -0.304 e. The van der Waals surface area contributed by atoms with E-state index in [1.54, 1.807) is 12.1 Å². The van der Waals surface area contributed by atoms with Gasteiger partial charge in [-0.05, 0) is 66.9 Å². The fourth-order valence-electron chi connectivity index (χ4n) is 5.85. The molecule has 0 N–H and O–H groups in total. The van der Waals surface area contributed by atoms with Crippen molar-refractivity contribution in [1.29, 1.82) is 0 Å². The van der Waals surface area contributed by atoms with E-state index in [9.17, 15) is 4.39 Å². The van der Waals surface area contributed by atoms with E-state index in [0.29, 0.717) is 6.04 Å². The van der Waals surface area contributed by atoms with Crippen LogP contribution in [0.3, 0.4) is 0 Å². The summed E-state index contributed by atoms with van der Waals surface area (Å²) < 4.78 is 13.6. The molecule has 0 radical (unpaired) electrons. The van der Waals surface area contributed by atoms with Crippen LogP contribution in [0.15, 0.2) is 66.7 Å². The van der Waals surface area contributed by atoms with Crippen LogP contribution in [0.25, 0.3) is 10.8 Å². The number of hydrogen-bond acceptors (Lipinski definition) is 4. The van der Waals surface area contributed by atoms with Crippen molar-refractivity contribution in [2.45, 2.75) is 25.3 Å². The van der Waals surface area contributed by atoms with Crippen molar-refractivity contribution in [3.05, 3.63) is 83.7 Å². The molecule has 0 spiro atoms. The summed E-state index contributed by atoms with van der Waals surface area (Å²) in [6.07, 6.45) is 3.65. The van der Waals surface area contributed by atoms with Gasteiger partial charge in [0.05, 0.1) is 0 Å². The third kappa shape index (κ3) is 9.99. The average molecular weight is 635 g/mol. The topological polar surface area (TPSA) is 13.0 Å². The van der Waals surface area contributed by atoms with Gasteiger partial charge in [0.2, 0.25) is 0 Å². The van der Waals surface area contributed by atoms with E-state index < -0.39 is 0 Å². The third-order valence-corrected chi connectivity index (χ3v) is 8.18. The molecule has 2 saturated heterocycles. The highest BCUT2D eigenvalue weighted by Gasteiger charge is 2.27. The molecule has 2 fully saturated rings. The lowest BCUT2D eigenvalue weighted by atomic mass is 10.00. The van der Waals surface area contributed by atoms with Crippen molar-refractivity contribution in [3.63, 3.8) is 0 Å². The van der Waals surface area contributed by atoms with Crippen LogP contribution >= 0.6 is 49.6 Å². The van der Waals surface area contributed by atoms with Crippen molar-refractivity contribution in [3.8, 4) is 0 Å². The second-order valence-corrected chi connectivity index (χ2v) is 10.6. The summed E-state index contributed by atoms with van der Waals surface area (Å²) in [5.41, 5.74) is 2.73. The van der Waals surface area contributed by atoms with Crippen molar-refractivity contribution in [1.82, 2.24) is 19.6 Å². The van der Waals surface area contributed by atoms with Gasteiger partial charge < -0.3 is 9.80 Å². The zero-order valence-corrected chi connectivity index (χ0v) is 26.7. The third-order valence-electron chi connectivity index (χ3n) is 8.18. The Labute approximate surface area is 264 Å². The normalized spacial score (nSPS) is 17.6. The largest absolute Gasteiger partial charge is 0.304 e. The van der Waals surface area contributed by atoms with Gasteiger partial charge in [0, 0.05) is 64.9 Å². The Kier molecular flexibility index (Phi) is 17.0. The van der Waals surface area contributed by atoms with E-state index in [1.807, 2.05) is 12.1 Å². The van der Waals surface area contributed by atoms with Gasteiger partial charge in [-0.3, -0.25) is 9.80 Å². The summed E-state index contributed by atoms with van der Waals surface area (Å²) in [4.78, 5) is 10.3. The Morgan fingerprint density at radius 3 is 2.00 bits per heavy atom. The molecule has 0 aromatic heterocycles. The highest BCUT2D eigenvalue weighted by atomic mass is 35.5. The molecule has 3 aromatic carbocycles. The molecule has 1 atom stereocenters. The van der Waals surface area contributed by atoms with Gasteiger partial charge in [0.25, 0.3) is 0 Å². The Balaban J connectivity index is 0.00000200. The standard InChI is InChI=1S/C31H41FN4.4ClH/c1-33-17-23-36(24-18-33)31(28-12-14-29(32)15-13-28)25-35-21-19-34(20-22-35)16-5-4-8-27-10-6-9-26-7-2-3-11-30(26)27;;;;/h2-3,6-7,9-15,31H,4-5,8,16-25H2,1H3;4*1H. The first-order chi connectivity index (χ1) is 17.7. The Morgan fingerprint density at radius 2 is 1.30 bits per heavy atom. The van der Waals surface area contributed by atoms with Crippen LogP contribution in [-0.2, 0) is 6.42 Å². The molecule has 1 unspecified atom stereocenters. The summed E-state index contributed by atoms with van der Waals surface area (Å²) in [6, 6.07) is 23.0. The number of aryl methyl sites for hydroxylation is 1. The van der Waals surface area contributed by atoms with Gasteiger partial charge in [0.1, 0.15) is 5.82 Å². The molecule has 0 aliphatic carbocycles. The number of fused-ring (bicyclic) bond motifs is 1. The first-order valence-corrected chi connectivity index (χ1v) is 13.7. The first-order valence-electron chi connectivity index (χ1n) is 13.7. The summed E-state index contributed by atoms with van der Waals surface area (Å²) in [6.45, 7) is 11.1. The van der Waals surface area contributed by atoms with Gasteiger partial charge in [-0.25, -0.2) is 4.39 Å². The molecule has 2 aliphatic heterocycles. The molecule has 5 rings (SSSR count). The molecule has 40 heavy (non-hydrogen) atoms. The smallest absolute Gasteiger partial charge is 0.123 e. The van der Waals surface area contributed by atoms with Crippen molar-refractivity contribution >= 4 is 60.4 Å². The molecule has 2 aliphatic rings. The Bertz CT molecular complexity index is 1100. The predicted molar refractivity (Wildman–Crippen MR) is 177 cm³/mol. The fraction of sp³-hybridized carbons (Fsp3) is 0.484. The number of rotatable bonds is 9. The maximum atomic E-state index is 13.6. The average Bonchev–Trinajstić information content (AvgIpc) is 2.92. The van der Waals surface area contributed by atoms with Crippen LogP contribution in [0.2, 0.25) is 0 Å². The van der Waals surface area contributed by atoms with E-state index in [2.05, 4.69) is 69.1 Å². The second kappa shape index (κ2) is 18.4. The summed E-state index contributed by atoms with van der Waals surface area (Å²) in [5.74, 6) is -0.148. The number of nitrogens with zero attached hydrogens (tertiary/aromatic N) is 4. The summed E-state index contributed by atoms with van der Waals surface area (Å²) in [5, 5.41) is 2.76. The summed E-state index contributed by atoms with van der Waals surface area (Å²) >= 11 is 0. The number of hydrogen-bond donors (Lipinski definition) is 0. The molecule has 4 nitrogen and oxygen atoms in total. The molecule has 2 heterocycles. The molecule has 3 aromatic rings. The number of likely N-dealkylation sites (N-methyl/N-ethyl adjacent to an activating group) is 1. The first kappa shape index (κ1) is 36.9. The van der Waals surface area contributed by atoms with Crippen LogP contribution in [0, 0.1) is 5.82 Å². The van der Waals surface area contributed by atoms with Crippen LogP contribution in [0.4, 0.5) is 4.39 Å². The zero-order valence-electron chi connectivity index (χ0n) is 23.4. The monoisotopic (exact) mass is 632 g/mol. The number of benzene rings is 3. The highest BCUT2D eigenvalue weighted by Crippen LogP contribution is 2.25. The molecular weight excluding hydrogens is 589 g/mol. The van der Waals surface area contributed by atoms with Gasteiger partial charge >= 0.3 is 0 Å². The molecule has 9 heteroatoms. The van der Waals surface area contributed by atoms with Crippen molar-refractivity contribution in [2.75, 3.05) is 72.5 Å². The second-order valence-electron chi connectivity index (χ2n) is 10.6. The van der Waals surface area contributed by atoms with Gasteiger partial charge in [-0.1, -0.05) is 54.6 Å². The molecule has 0 bridgehead atoms. The molecule has 0 saturated carbocycles. The minimum atomic E-state index is -0.148. The van der Waals surface area contributed by atoms with Crippen molar-refractivity contribution < 1.29 is 4.39 Å². The lowest BCUT2D eigenvalue weighted by Crippen LogP contribution is -2.52. The van der Waals surface area contributed by atoms with Crippen molar-refractivity contribution in [2.24, 2.45) is 0 Å². The van der Waals surface area contributed by atoms with Gasteiger partial charge in [0.15, 0.2) is 0 Å². The number of piperazine rings is 2. The van der Waals surface area contributed by atoms with Crippen LogP contribution in [0.5, 0.6) is 0 Å². The lowest BCUT2D eigenvalue weighted by Gasteiger charge is -2.42. The van der Waals surface area contributed by atoms with Crippen LogP contribution in [0.1, 0.15) is 30.0 Å². The molecule has 0 amide bonds. The van der Waals surface area contributed by atoms with Crippen LogP contribution in [-0.4, -0.2) is 92.1 Å². The number of halogens is 5. The minimum absolute atomic E-state index is 0. The SMILES string of the molecule is CN1CCN(C(CN2CCN(CCCCc3cccc4ccccc34)CC2)c2ccc(F)cc2)CC1.Cl.Cl.Cl.Cl. The number of unbranched alkanes of at least 4 members (excludes halogenated alkanes) is 1. The molecular formula is C31H45Cl4FN4. The Morgan fingerprint density at radius 1 is 0.675 bits per heavy atom. The van der Waals surface area contributed by atoms with Gasteiger partial charge in [-0.15, -0.1) is 49.6 Å². The zero-order chi connectivity index (χ0) is 24.7.